The topological polar surface area (TPSA) is 84.5 Å². The van der Waals surface area contributed by atoms with Gasteiger partial charge >= 0.3 is 5.97 Å². The Hall–Kier alpha value is -3.35. The molecule has 188 valence electrons. The predicted molar refractivity (Wildman–Crippen MR) is 143 cm³/mol. The van der Waals surface area contributed by atoms with Crippen molar-refractivity contribution in [3.8, 4) is 0 Å². The van der Waals surface area contributed by atoms with Gasteiger partial charge in [0, 0.05) is 17.7 Å². The molecule has 3 aromatic carbocycles. The van der Waals surface area contributed by atoms with Crippen molar-refractivity contribution in [2.24, 2.45) is 0 Å². The number of carbonyl (C=O) groups excluding carboxylic acids is 3. The fourth-order valence-electron chi connectivity index (χ4n) is 3.86. The molecule has 0 fully saturated rings. The lowest BCUT2D eigenvalue weighted by atomic mass is 10.0. The van der Waals surface area contributed by atoms with Crippen LogP contribution in [0, 0.1) is 6.92 Å². The molecule has 0 aliphatic rings. The Balaban J connectivity index is 1.70. The smallest absolute Gasteiger partial charge is 0.328 e. The SMILES string of the molecule is CCCc1ccc(C(=O)N[C@@H](Cc2ccc(NC(=O)c3c(Cl)cccc3Cl)cc2)C(=O)OC)c(C)c1. The van der Waals surface area contributed by atoms with Gasteiger partial charge in [0.1, 0.15) is 6.04 Å². The monoisotopic (exact) mass is 526 g/mol. The van der Waals surface area contributed by atoms with Gasteiger partial charge in [-0.2, -0.15) is 0 Å². The number of amides is 2. The van der Waals surface area contributed by atoms with Crippen molar-refractivity contribution in [3.63, 3.8) is 0 Å². The van der Waals surface area contributed by atoms with Crippen molar-refractivity contribution in [1.29, 1.82) is 0 Å². The average molecular weight is 527 g/mol. The Morgan fingerprint density at radius 3 is 2.14 bits per heavy atom. The van der Waals surface area contributed by atoms with Gasteiger partial charge in [0.05, 0.1) is 22.7 Å². The second kappa shape index (κ2) is 12.6. The first-order valence-electron chi connectivity index (χ1n) is 11.6. The zero-order valence-electron chi connectivity index (χ0n) is 20.4. The van der Waals surface area contributed by atoms with E-state index in [1.54, 1.807) is 48.5 Å². The number of halogens is 2. The Morgan fingerprint density at radius 1 is 0.917 bits per heavy atom. The number of anilines is 1. The molecule has 0 aliphatic heterocycles. The van der Waals surface area contributed by atoms with E-state index in [1.807, 2.05) is 19.1 Å². The molecular weight excluding hydrogens is 499 g/mol. The van der Waals surface area contributed by atoms with Crippen LogP contribution in [0.5, 0.6) is 0 Å². The lowest BCUT2D eigenvalue weighted by Crippen LogP contribution is -2.43. The van der Waals surface area contributed by atoms with E-state index in [4.69, 9.17) is 27.9 Å². The molecule has 0 unspecified atom stereocenters. The number of rotatable bonds is 9. The Kier molecular flexibility index (Phi) is 9.51. The summed E-state index contributed by atoms with van der Waals surface area (Å²) in [6.07, 6.45) is 2.18. The Labute approximate surface area is 220 Å². The molecule has 0 spiro atoms. The van der Waals surface area contributed by atoms with Gasteiger partial charge in [0.25, 0.3) is 11.8 Å². The van der Waals surface area contributed by atoms with Crippen LogP contribution in [0.2, 0.25) is 10.0 Å². The van der Waals surface area contributed by atoms with Crippen molar-refractivity contribution in [2.75, 3.05) is 12.4 Å². The van der Waals surface area contributed by atoms with Crippen LogP contribution >= 0.6 is 23.2 Å². The minimum atomic E-state index is -0.875. The van der Waals surface area contributed by atoms with Crippen LogP contribution in [-0.2, 0) is 22.4 Å². The summed E-state index contributed by atoms with van der Waals surface area (Å²) in [5.41, 5.74) is 4.02. The summed E-state index contributed by atoms with van der Waals surface area (Å²) in [6, 6.07) is 16.6. The van der Waals surface area contributed by atoms with E-state index in [9.17, 15) is 14.4 Å². The number of hydrogen-bond donors (Lipinski definition) is 2. The normalized spacial score (nSPS) is 11.5. The van der Waals surface area contributed by atoms with E-state index >= 15 is 0 Å². The fraction of sp³-hybridized carbons (Fsp3) is 0.250. The predicted octanol–water partition coefficient (Wildman–Crippen LogP) is 6.02. The van der Waals surface area contributed by atoms with Gasteiger partial charge in [-0.15, -0.1) is 0 Å². The van der Waals surface area contributed by atoms with Crippen LogP contribution in [0.1, 0.15) is 50.8 Å². The molecule has 8 heteroatoms. The highest BCUT2D eigenvalue weighted by Crippen LogP contribution is 2.25. The van der Waals surface area contributed by atoms with E-state index in [2.05, 4.69) is 17.6 Å². The lowest BCUT2D eigenvalue weighted by Gasteiger charge is -2.18. The van der Waals surface area contributed by atoms with E-state index in [-0.39, 0.29) is 27.9 Å². The highest BCUT2D eigenvalue weighted by Gasteiger charge is 2.23. The van der Waals surface area contributed by atoms with Gasteiger partial charge in [0.15, 0.2) is 0 Å². The van der Waals surface area contributed by atoms with Crippen LogP contribution in [0.15, 0.2) is 60.7 Å². The molecule has 0 saturated heterocycles. The second-order valence-electron chi connectivity index (χ2n) is 8.40. The van der Waals surface area contributed by atoms with Crippen molar-refractivity contribution in [2.45, 2.75) is 39.2 Å². The number of esters is 1. The first-order valence-corrected chi connectivity index (χ1v) is 12.3. The van der Waals surface area contributed by atoms with E-state index < -0.39 is 17.9 Å². The third-order valence-corrected chi connectivity index (χ3v) is 6.34. The van der Waals surface area contributed by atoms with Gasteiger partial charge in [-0.05, 0) is 60.4 Å². The largest absolute Gasteiger partial charge is 0.467 e. The molecule has 36 heavy (non-hydrogen) atoms. The number of benzene rings is 3. The van der Waals surface area contributed by atoms with Crippen LogP contribution in [-0.4, -0.2) is 30.9 Å². The average Bonchev–Trinajstić information content (AvgIpc) is 2.84. The van der Waals surface area contributed by atoms with Gasteiger partial charge in [-0.25, -0.2) is 4.79 Å². The summed E-state index contributed by atoms with van der Waals surface area (Å²) in [5.74, 6) is -1.32. The Morgan fingerprint density at radius 2 is 1.56 bits per heavy atom. The zero-order chi connectivity index (χ0) is 26.2. The van der Waals surface area contributed by atoms with Crippen molar-refractivity contribution in [1.82, 2.24) is 5.32 Å². The maximum Gasteiger partial charge on any atom is 0.328 e. The first kappa shape index (κ1) is 27.2. The number of ether oxygens (including phenoxy) is 1. The number of carbonyl (C=O) groups is 3. The van der Waals surface area contributed by atoms with Gasteiger partial charge in [-0.3, -0.25) is 9.59 Å². The molecule has 3 aromatic rings. The van der Waals surface area contributed by atoms with Crippen LogP contribution in [0.4, 0.5) is 5.69 Å². The molecule has 0 bridgehead atoms. The fourth-order valence-corrected chi connectivity index (χ4v) is 4.43. The summed E-state index contributed by atoms with van der Waals surface area (Å²) in [6.45, 7) is 3.98. The Bertz CT molecular complexity index is 1240. The van der Waals surface area contributed by atoms with Gasteiger partial charge in [0.2, 0.25) is 0 Å². The molecule has 1 atom stereocenters. The number of nitrogens with one attached hydrogen (secondary N) is 2. The molecule has 2 N–H and O–H groups in total. The first-order chi connectivity index (χ1) is 17.2. The maximum atomic E-state index is 12.9. The summed E-state index contributed by atoms with van der Waals surface area (Å²) in [4.78, 5) is 38.0. The van der Waals surface area contributed by atoms with E-state index in [1.165, 1.54) is 12.7 Å². The molecule has 0 aromatic heterocycles. The maximum absolute atomic E-state index is 12.9. The summed E-state index contributed by atoms with van der Waals surface area (Å²) in [7, 11) is 1.28. The van der Waals surface area contributed by atoms with Crippen LogP contribution in [0.3, 0.4) is 0 Å². The highest BCUT2D eigenvalue weighted by atomic mass is 35.5. The van der Waals surface area contributed by atoms with Gasteiger partial charge in [-0.1, -0.05) is 66.9 Å². The van der Waals surface area contributed by atoms with Gasteiger partial charge < -0.3 is 15.4 Å². The minimum absolute atomic E-state index is 0.191. The summed E-state index contributed by atoms with van der Waals surface area (Å²) >= 11 is 12.2. The third kappa shape index (κ3) is 6.86. The quantitative estimate of drug-likeness (QED) is 0.334. The van der Waals surface area contributed by atoms with Crippen molar-refractivity contribution in [3.05, 3.63) is 98.5 Å². The molecular formula is C28H28Cl2N2O4. The molecule has 6 nitrogen and oxygen atoms in total. The summed E-state index contributed by atoms with van der Waals surface area (Å²) < 4.78 is 4.91. The van der Waals surface area contributed by atoms with Crippen molar-refractivity contribution >= 4 is 46.7 Å². The molecule has 3 rings (SSSR count). The molecule has 0 aliphatic carbocycles. The standard InChI is InChI=1S/C28H28Cl2N2O4/c1-4-6-18-11-14-21(17(2)15-18)26(33)32-24(28(35)36-3)16-19-9-12-20(13-10-19)31-27(34)25-22(29)7-5-8-23(25)30/h5,7-15,24H,4,6,16H2,1-3H3,(H,31,34)(H,32,33)/t24-/m0/s1. The van der Waals surface area contributed by atoms with Crippen LogP contribution in [0.25, 0.3) is 0 Å². The zero-order valence-corrected chi connectivity index (χ0v) is 21.9. The molecule has 0 radical (unpaired) electrons. The second-order valence-corrected chi connectivity index (χ2v) is 9.21. The van der Waals surface area contributed by atoms with Crippen LogP contribution < -0.4 is 10.6 Å². The number of methoxy groups -OCH3 is 1. The third-order valence-electron chi connectivity index (χ3n) is 5.71. The summed E-state index contributed by atoms with van der Waals surface area (Å²) in [5, 5.41) is 6.06. The van der Waals surface area contributed by atoms with Crippen molar-refractivity contribution < 1.29 is 19.1 Å². The number of hydrogen-bond acceptors (Lipinski definition) is 4. The highest BCUT2D eigenvalue weighted by molar-refractivity contribution is 6.40. The minimum Gasteiger partial charge on any atom is -0.467 e. The van der Waals surface area contributed by atoms with E-state index in [0.717, 1.165) is 24.0 Å². The lowest BCUT2D eigenvalue weighted by molar-refractivity contribution is -0.142. The molecule has 2 amide bonds. The molecule has 0 heterocycles. The number of aryl methyl sites for hydroxylation is 2. The molecule has 0 saturated carbocycles. The van der Waals surface area contributed by atoms with E-state index in [0.29, 0.717) is 11.3 Å².